The van der Waals surface area contributed by atoms with E-state index in [0.29, 0.717) is 11.8 Å². The summed E-state index contributed by atoms with van der Waals surface area (Å²) in [6.45, 7) is 10.3. The Morgan fingerprint density at radius 1 is 1.00 bits per heavy atom. The van der Waals surface area contributed by atoms with Crippen LogP contribution < -0.4 is 5.73 Å². The Morgan fingerprint density at radius 3 is 2.10 bits per heavy atom. The van der Waals surface area contributed by atoms with Crippen LogP contribution in [0.3, 0.4) is 0 Å². The second-order valence-electron chi connectivity index (χ2n) is 6.03. The van der Waals surface area contributed by atoms with E-state index in [-0.39, 0.29) is 24.8 Å². The number of unbranched alkanes of at least 4 members (excludes halogenated alkanes) is 3. The highest BCUT2D eigenvalue weighted by molar-refractivity contribution is 5.85. The molecule has 1 saturated heterocycles. The van der Waals surface area contributed by atoms with Crippen molar-refractivity contribution in [3.8, 4) is 0 Å². The van der Waals surface area contributed by atoms with Crippen molar-refractivity contribution in [2.45, 2.75) is 46.0 Å². The molecule has 0 aromatic heterocycles. The van der Waals surface area contributed by atoms with E-state index in [0.717, 1.165) is 71.4 Å². The van der Waals surface area contributed by atoms with Gasteiger partial charge in [-0.05, 0) is 25.3 Å². The molecule has 2 N–H and O–H groups in total. The van der Waals surface area contributed by atoms with Crippen LogP contribution in [-0.2, 0) is 4.79 Å². The minimum atomic E-state index is 0. The zero-order chi connectivity index (χ0) is 14.1. The number of halogens is 2. The molecule has 4 nitrogen and oxygen atoms in total. The largest absolute Gasteiger partial charge is 0.340 e. The molecule has 0 atom stereocenters. The summed E-state index contributed by atoms with van der Waals surface area (Å²) in [7, 11) is 0. The predicted molar refractivity (Wildman–Crippen MR) is 94.5 cm³/mol. The van der Waals surface area contributed by atoms with Crippen molar-refractivity contribution in [1.29, 1.82) is 0 Å². The highest BCUT2D eigenvalue weighted by Crippen LogP contribution is 2.09. The summed E-state index contributed by atoms with van der Waals surface area (Å²) >= 11 is 0. The van der Waals surface area contributed by atoms with Crippen LogP contribution in [0.2, 0.25) is 0 Å². The third-order valence-corrected chi connectivity index (χ3v) is 3.69. The van der Waals surface area contributed by atoms with Crippen LogP contribution in [0, 0.1) is 5.92 Å². The van der Waals surface area contributed by atoms with Crippen molar-refractivity contribution in [2.24, 2.45) is 11.7 Å². The summed E-state index contributed by atoms with van der Waals surface area (Å²) in [6, 6.07) is 0. The van der Waals surface area contributed by atoms with Gasteiger partial charge in [0.05, 0.1) is 0 Å². The molecule has 1 aliphatic rings. The Morgan fingerprint density at radius 2 is 1.57 bits per heavy atom. The molecule has 1 aliphatic heterocycles. The standard InChI is InChI=1S/C15H31N3O.2ClH/c1-14(2)13-17-9-11-18(12-10-17)15(19)7-5-3-4-6-8-16;;/h14H,3-13,16H2,1-2H3;2*1H. The lowest BCUT2D eigenvalue weighted by Crippen LogP contribution is -2.49. The number of carbonyl (C=O) groups excluding carboxylic acids is 1. The molecule has 0 aliphatic carbocycles. The second kappa shape index (κ2) is 13.6. The van der Waals surface area contributed by atoms with Gasteiger partial charge in [-0.25, -0.2) is 0 Å². The Kier molecular flexibility index (Phi) is 15.1. The SMILES string of the molecule is CC(C)CN1CCN(C(=O)CCCCCCN)CC1.Cl.Cl. The van der Waals surface area contributed by atoms with E-state index in [1.165, 1.54) is 0 Å². The molecule has 1 rings (SSSR count). The average Bonchev–Trinajstić information content (AvgIpc) is 2.38. The van der Waals surface area contributed by atoms with Crippen LogP contribution in [0.1, 0.15) is 46.0 Å². The van der Waals surface area contributed by atoms with E-state index in [1.54, 1.807) is 0 Å². The molecule has 1 heterocycles. The van der Waals surface area contributed by atoms with Crippen LogP contribution in [0.25, 0.3) is 0 Å². The van der Waals surface area contributed by atoms with E-state index in [2.05, 4.69) is 18.7 Å². The van der Waals surface area contributed by atoms with Gasteiger partial charge in [0.15, 0.2) is 0 Å². The second-order valence-corrected chi connectivity index (χ2v) is 6.03. The van der Waals surface area contributed by atoms with Crippen molar-refractivity contribution in [3.05, 3.63) is 0 Å². The fraction of sp³-hybridized carbons (Fsp3) is 0.933. The molecular weight excluding hydrogens is 309 g/mol. The van der Waals surface area contributed by atoms with Gasteiger partial charge in [-0.2, -0.15) is 0 Å². The molecule has 128 valence electrons. The number of amides is 1. The molecular formula is C15H33Cl2N3O. The number of piperazine rings is 1. The summed E-state index contributed by atoms with van der Waals surface area (Å²) < 4.78 is 0. The molecule has 0 aromatic rings. The number of nitrogens with zero attached hydrogens (tertiary/aromatic N) is 2. The fourth-order valence-corrected chi connectivity index (χ4v) is 2.63. The highest BCUT2D eigenvalue weighted by Gasteiger charge is 2.20. The molecule has 0 bridgehead atoms. The average molecular weight is 342 g/mol. The van der Waals surface area contributed by atoms with Crippen LogP contribution in [-0.4, -0.2) is 55.0 Å². The summed E-state index contributed by atoms with van der Waals surface area (Å²) in [6.07, 6.45) is 5.12. The normalized spacial score (nSPS) is 15.5. The first-order valence-electron chi connectivity index (χ1n) is 7.83. The molecule has 21 heavy (non-hydrogen) atoms. The quantitative estimate of drug-likeness (QED) is 0.690. The number of hydrogen-bond donors (Lipinski definition) is 1. The van der Waals surface area contributed by atoms with Gasteiger partial charge in [0.1, 0.15) is 0 Å². The van der Waals surface area contributed by atoms with E-state index < -0.39 is 0 Å². The van der Waals surface area contributed by atoms with E-state index in [9.17, 15) is 4.79 Å². The monoisotopic (exact) mass is 341 g/mol. The zero-order valence-electron chi connectivity index (χ0n) is 13.6. The van der Waals surface area contributed by atoms with Crippen LogP contribution >= 0.6 is 24.8 Å². The summed E-state index contributed by atoms with van der Waals surface area (Å²) in [4.78, 5) is 16.6. The lowest BCUT2D eigenvalue weighted by Gasteiger charge is -2.35. The first-order chi connectivity index (χ1) is 9.13. The third kappa shape index (κ3) is 10.3. The van der Waals surface area contributed by atoms with Gasteiger partial charge in [0.2, 0.25) is 5.91 Å². The molecule has 6 heteroatoms. The lowest BCUT2D eigenvalue weighted by molar-refractivity contribution is -0.133. The fourth-order valence-electron chi connectivity index (χ4n) is 2.63. The minimum absolute atomic E-state index is 0. The maximum absolute atomic E-state index is 12.0. The van der Waals surface area contributed by atoms with Gasteiger partial charge in [-0.3, -0.25) is 9.69 Å². The zero-order valence-corrected chi connectivity index (χ0v) is 15.2. The maximum Gasteiger partial charge on any atom is 0.222 e. The molecule has 1 amide bonds. The Hall–Kier alpha value is -0.0300. The van der Waals surface area contributed by atoms with Crippen molar-refractivity contribution in [2.75, 3.05) is 39.3 Å². The number of hydrogen-bond acceptors (Lipinski definition) is 3. The number of rotatable bonds is 8. The molecule has 0 radical (unpaired) electrons. The van der Waals surface area contributed by atoms with E-state index in [4.69, 9.17) is 5.73 Å². The Balaban J connectivity index is 0. The molecule has 1 fully saturated rings. The molecule has 0 saturated carbocycles. The van der Waals surface area contributed by atoms with Crippen LogP contribution in [0.5, 0.6) is 0 Å². The Labute approximate surface area is 142 Å². The predicted octanol–water partition coefficient (Wildman–Crippen LogP) is 2.54. The van der Waals surface area contributed by atoms with Crippen LogP contribution in [0.15, 0.2) is 0 Å². The molecule has 0 spiro atoms. The summed E-state index contributed by atoms with van der Waals surface area (Å²) in [5, 5.41) is 0. The van der Waals surface area contributed by atoms with Gasteiger partial charge in [0, 0.05) is 39.1 Å². The van der Waals surface area contributed by atoms with E-state index in [1.807, 2.05) is 4.90 Å². The molecule has 0 aromatic carbocycles. The van der Waals surface area contributed by atoms with Gasteiger partial charge >= 0.3 is 0 Å². The summed E-state index contributed by atoms with van der Waals surface area (Å²) in [5.41, 5.74) is 5.45. The smallest absolute Gasteiger partial charge is 0.222 e. The topological polar surface area (TPSA) is 49.6 Å². The van der Waals surface area contributed by atoms with Crippen molar-refractivity contribution in [3.63, 3.8) is 0 Å². The number of carbonyl (C=O) groups is 1. The maximum atomic E-state index is 12.0. The van der Waals surface area contributed by atoms with Gasteiger partial charge < -0.3 is 10.6 Å². The van der Waals surface area contributed by atoms with Gasteiger partial charge in [-0.15, -0.1) is 24.8 Å². The first kappa shape index (κ1) is 23.2. The molecule has 0 unspecified atom stereocenters. The number of nitrogens with two attached hydrogens (primary N) is 1. The van der Waals surface area contributed by atoms with Crippen molar-refractivity contribution in [1.82, 2.24) is 9.80 Å². The minimum Gasteiger partial charge on any atom is -0.340 e. The van der Waals surface area contributed by atoms with Gasteiger partial charge in [0.25, 0.3) is 0 Å². The first-order valence-corrected chi connectivity index (χ1v) is 7.83. The third-order valence-electron chi connectivity index (χ3n) is 3.69. The van der Waals surface area contributed by atoms with Crippen molar-refractivity contribution < 1.29 is 4.79 Å². The van der Waals surface area contributed by atoms with Crippen LogP contribution in [0.4, 0.5) is 0 Å². The Bertz CT molecular complexity index is 257. The summed E-state index contributed by atoms with van der Waals surface area (Å²) in [5.74, 6) is 1.06. The lowest BCUT2D eigenvalue weighted by atomic mass is 10.1. The van der Waals surface area contributed by atoms with Gasteiger partial charge in [-0.1, -0.05) is 26.7 Å². The van der Waals surface area contributed by atoms with E-state index >= 15 is 0 Å². The highest BCUT2D eigenvalue weighted by atomic mass is 35.5. The van der Waals surface area contributed by atoms with Crippen molar-refractivity contribution >= 4 is 30.7 Å².